The highest BCUT2D eigenvalue weighted by Gasteiger charge is 2.18. The number of hydrogen-bond donors (Lipinski definition) is 1. The number of amides is 1. The Kier molecular flexibility index (Phi) is 5.24. The lowest BCUT2D eigenvalue weighted by molar-refractivity contribution is -0.120. The summed E-state index contributed by atoms with van der Waals surface area (Å²) in [5.41, 5.74) is 3.40. The number of nitrogens with one attached hydrogen (secondary N) is 1. The first-order valence-electron chi connectivity index (χ1n) is 7.91. The van der Waals surface area contributed by atoms with Crippen molar-refractivity contribution in [2.45, 2.75) is 38.1 Å². The quantitative estimate of drug-likeness (QED) is 0.798. The van der Waals surface area contributed by atoms with Crippen LogP contribution in [0.1, 0.15) is 41.9 Å². The first kappa shape index (κ1) is 16.4. The zero-order chi connectivity index (χ0) is 16.2. The Morgan fingerprint density at radius 1 is 1.00 bits per heavy atom. The number of hydrogen-bond acceptors (Lipinski definition) is 1. The van der Waals surface area contributed by atoms with Crippen LogP contribution >= 0.6 is 23.2 Å². The first-order chi connectivity index (χ1) is 11.1. The molecule has 0 atom stereocenters. The highest BCUT2D eigenvalue weighted by molar-refractivity contribution is 6.42. The average molecular weight is 348 g/mol. The molecular formula is C19H19Cl2NO. The first-order valence-corrected chi connectivity index (χ1v) is 8.67. The van der Waals surface area contributed by atoms with Crippen LogP contribution in [-0.2, 0) is 17.8 Å². The number of rotatable bonds is 5. The largest absolute Gasteiger partial charge is 0.352 e. The van der Waals surface area contributed by atoms with Crippen LogP contribution in [0.3, 0.4) is 0 Å². The Bertz CT molecular complexity index is 693. The SMILES string of the molecule is O=C(Cc1ccc(Cl)c(Cl)c1)NCc1ccc(C2CCC2)cc1. The molecule has 23 heavy (non-hydrogen) atoms. The van der Waals surface area contributed by atoms with Crippen molar-refractivity contribution in [3.8, 4) is 0 Å². The Labute approximate surface area is 146 Å². The fraction of sp³-hybridized carbons (Fsp3) is 0.316. The molecule has 1 fully saturated rings. The van der Waals surface area contributed by atoms with E-state index < -0.39 is 0 Å². The van der Waals surface area contributed by atoms with E-state index in [9.17, 15) is 4.79 Å². The molecule has 1 N–H and O–H groups in total. The molecule has 1 aliphatic rings. The molecule has 0 radical (unpaired) electrons. The van der Waals surface area contributed by atoms with Gasteiger partial charge in [0.15, 0.2) is 0 Å². The lowest BCUT2D eigenvalue weighted by atomic mass is 9.80. The minimum atomic E-state index is -0.0218. The van der Waals surface area contributed by atoms with Gasteiger partial charge in [-0.15, -0.1) is 0 Å². The zero-order valence-corrected chi connectivity index (χ0v) is 14.3. The predicted octanol–water partition coefficient (Wildman–Crippen LogP) is 5.12. The standard InChI is InChI=1S/C19H19Cl2NO/c20-17-9-6-14(10-18(17)21)11-19(23)22-12-13-4-7-16(8-5-13)15-2-1-3-15/h4-10,15H,1-3,11-12H2,(H,22,23). The maximum Gasteiger partial charge on any atom is 0.224 e. The fourth-order valence-electron chi connectivity index (χ4n) is 2.75. The van der Waals surface area contributed by atoms with Crippen molar-refractivity contribution >= 4 is 29.1 Å². The van der Waals surface area contributed by atoms with E-state index in [4.69, 9.17) is 23.2 Å². The molecule has 1 saturated carbocycles. The number of benzene rings is 2. The van der Waals surface area contributed by atoms with Gasteiger partial charge in [0.1, 0.15) is 0 Å². The Morgan fingerprint density at radius 2 is 1.70 bits per heavy atom. The maximum absolute atomic E-state index is 12.0. The zero-order valence-electron chi connectivity index (χ0n) is 12.8. The van der Waals surface area contributed by atoms with E-state index in [1.165, 1.54) is 24.8 Å². The molecule has 2 nitrogen and oxygen atoms in total. The number of carbonyl (C=O) groups excluding carboxylic acids is 1. The van der Waals surface area contributed by atoms with Gasteiger partial charge in [0.05, 0.1) is 16.5 Å². The molecule has 0 spiro atoms. The van der Waals surface area contributed by atoms with Crippen molar-refractivity contribution in [1.82, 2.24) is 5.32 Å². The lowest BCUT2D eigenvalue weighted by Gasteiger charge is -2.25. The third-order valence-electron chi connectivity index (χ3n) is 4.39. The monoisotopic (exact) mass is 347 g/mol. The Morgan fingerprint density at radius 3 is 2.30 bits per heavy atom. The summed E-state index contributed by atoms with van der Waals surface area (Å²) >= 11 is 11.8. The second-order valence-electron chi connectivity index (χ2n) is 6.07. The van der Waals surface area contributed by atoms with E-state index in [1.807, 2.05) is 6.07 Å². The molecule has 0 aliphatic heterocycles. The summed E-state index contributed by atoms with van der Waals surface area (Å²) in [6, 6.07) is 13.8. The van der Waals surface area contributed by atoms with Gasteiger partial charge in [-0.1, -0.05) is 60.0 Å². The Balaban J connectivity index is 1.51. The van der Waals surface area contributed by atoms with Gasteiger partial charge < -0.3 is 5.32 Å². The molecule has 0 unspecified atom stereocenters. The minimum absolute atomic E-state index is 0.0218. The normalized spacial score (nSPS) is 14.3. The molecule has 1 amide bonds. The van der Waals surface area contributed by atoms with Crippen LogP contribution in [0.5, 0.6) is 0 Å². The summed E-state index contributed by atoms with van der Waals surface area (Å²) < 4.78 is 0. The lowest BCUT2D eigenvalue weighted by Crippen LogP contribution is -2.24. The summed E-state index contributed by atoms with van der Waals surface area (Å²) in [6.45, 7) is 0.547. The van der Waals surface area contributed by atoms with E-state index in [-0.39, 0.29) is 5.91 Å². The highest BCUT2D eigenvalue weighted by atomic mass is 35.5. The third-order valence-corrected chi connectivity index (χ3v) is 5.13. The van der Waals surface area contributed by atoms with Crippen LogP contribution in [0.2, 0.25) is 10.0 Å². The van der Waals surface area contributed by atoms with Crippen LogP contribution in [0, 0.1) is 0 Å². The van der Waals surface area contributed by atoms with Gasteiger partial charge in [0, 0.05) is 6.54 Å². The van der Waals surface area contributed by atoms with Crippen molar-refractivity contribution in [2.24, 2.45) is 0 Å². The van der Waals surface area contributed by atoms with Crippen LogP contribution in [0.15, 0.2) is 42.5 Å². The van der Waals surface area contributed by atoms with Crippen LogP contribution in [0.4, 0.5) is 0 Å². The maximum atomic E-state index is 12.0. The highest BCUT2D eigenvalue weighted by Crippen LogP contribution is 2.36. The van der Waals surface area contributed by atoms with E-state index in [0.717, 1.165) is 17.0 Å². The van der Waals surface area contributed by atoms with E-state index >= 15 is 0 Å². The summed E-state index contributed by atoms with van der Waals surface area (Å²) in [4.78, 5) is 12.0. The van der Waals surface area contributed by atoms with Crippen molar-refractivity contribution in [2.75, 3.05) is 0 Å². The average Bonchev–Trinajstić information content (AvgIpc) is 2.49. The number of halogens is 2. The summed E-state index contributed by atoms with van der Waals surface area (Å²) in [5, 5.41) is 3.92. The molecule has 1 aliphatic carbocycles. The van der Waals surface area contributed by atoms with E-state index in [0.29, 0.717) is 23.0 Å². The molecule has 0 heterocycles. The second-order valence-corrected chi connectivity index (χ2v) is 6.89. The number of carbonyl (C=O) groups is 1. The van der Waals surface area contributed by atoms with Gasteiger partial charge in [-0.25, -0.2) is 0 Å². The molecule has 0 aromatic heterocycles. The smallest absolute Gasteiger partial charge is 0.224 e. The topological polar surface area (TPSA) is 29.1 Å². The summed E-state index contributed by atoms with van der Waals surface area (Å²) in [7, 11) is 0. The van der Waals surface area contributed by atoms with Gasteiger partial charge in [0.25, 0.3) is 0 Å². The molecule has 2 aromatic carbocycles. The van der Waals surface area contributed by atoms with Gasteiger partial charge in [-0.3, -0.25) is 4.79 Å². The molecule has 3 rings (SSSR count). The van der Waals surface area contributed by atoms with Crippen molar-refractivity contribution < 1.29 is 4.79 Å². The predicted molar refractivity (Wildman–Crippen MR) is 95.0 cm³/mol. The molecule has 2 aromatic rings. The Hall–Kier alpha value is -1.51. The summed E-state index contributed by atoms with van der Waals surface area (Å²) in [5.74, 6) is 0.722. The molecule has 0 bridgehead atoms. The fourth-order valence-corrected chi connectivity index (χ4v) is 3.07. The van der Waals surface area contributed by atoms with Gasteiger partial charge in [-0.2, -0.15) is 0 Å². The minimum Gasteiger partial charge on any atom is -0.352 e. The van der Waals surface area contributed by atoms with Crippen molar-refractivity contribution in [3.05, 3.63) is 69.2 Å². The second kappa shape index (κ2) is 7.37. The van der Waals surface area contributed by atoms with Gasteiger partial charge in [-0.05, 0) is 47.6 Å². The molecular weight excluding hydrogens is 329 g/mol. The molecule has 0 saturated heterocycles. The van der Waals surface area contributed by atoms with E-state index in [2.05, 4.69) is 29.6 Å². The molecule has 120 valence electrons. The molecule has 4 heteroatoms. The van der Waals surface area contributed by atoms with Gasteiger partial charge >= 0.3 is 0 Å². The summed E-state index contributed by atoms with van der Waals surface area (Å²) in [6.07, 6.45) is 4.26. The van der Waals surface area contributed by atoms with Crippen molar-refractivity contribution in [1.29, 1.82) is 0 Å². The van der Waals surface area contributed by atoms with Crippen LogP contribution in [0.25, 0.3) is 0 Å². The third kappa shape index (κ3) is 4.27. The van der Waals surface area contributed by atoms with Crippen LogP contribution in [-0.4, -0.2) is 5.91 Å². The van der Waals surface area contributed by atoms with Crippen LogP contribution < -0.4 is 5.32 Å². The van der Waals surface area contributed by atoms with E-state index in [1.54, 1.807) is 12.1 Å². The van der Waals surface area contributed by atoms with Crippen molar-refractivity contribution in [3.63, 3.8) is 0 Å². The van der Waals surface area contributed by atoms with Gasteiger partial charge in [0.2, 0.25) is 5.91 Å².